The summed E-state index contributed by atoms with van der Waals surface area (Å²) in [5.41, 5.74) is 8.08. The fourth-order valence-electron chi connectivity index (χ4n) is 1.79. The van der Waals surface area contributed by atoms with Gasteiger partial charge in [-0.1, -0.05) is 11.6 Å². The molecule has 0 saturated carbocycles. The Labute approximate surface area is 128 Å². The van der Waals surface area contributed by atoms with E-state index in [1.165, 1.54) is 0 Å². The van der Waals surface area contributed by atoms with Crippen molar-refractivity contribution in [3.63, 3.8) is 0 Å². The molecule has 100 valence electrons. The number of hydrogen-bond donors (Lipinski definition) is 1. The number of rotatable bonds is 2. The quantitative estimate of drug-likeness (QED) is 0.720. The van der Waals surface area contributed by atoms with Crippen molar-refractivity contribution in [3.05, 3.63) is 52.0 Å². The molecule has 1 aromatic heterocycles. The van der Waals surface area contributed by atoms with Crippen molar-refractivity contribution in [2.45, 2.75) is 0 Å². The number of halogens is 2. The molecule has 3 aromatic rings. The number of anilines is 1. The highest BCUT2D eigenvalue weighted by atomic mass is 79.9. The van der Waals surface area contributed by atoms with Crippen LogP contribution in [-0.2, 0) is 0 Å². The van der Waals surface area contributed by atoms with E-state index in [0.717, 1.165) is 15.7 Å². The Morgan fingerprint density at radius 1 is 1.10 bits per heavy atom. The van der Waals surface area contributed by atoms with Crippen molar-refractivity contribution in [2.75, 3.05) is 5.73 Å². The van der Waals surface area contributed by atoms with Gasteiger partial charge in [0.2, 0.25) is 0 Å². The Kier molecular flexibility index (Phi) is 3.42. The highest BCUT2D eigenvalue weighted by Gasteiger charge is 2.11. The predicted octanol–water partition coefficient (Wildman–Crippen LogP) is 3.33. The second-order valence-corrected chi connectivity index (χ2v) is 5.40. The first-order chi connectivity index (χ1) is 9.65. The second kappa shape index (κ2) is 5.22. The Bertz CT molecular complexity index is 754. The lowest BCUT2D eigenvalue weighted by Gasteiger charge is -2.06. The third-order valence-electron chi connectivity index (χ3n) is 2.79. The molecule has 0 unspecified atom stereocenters. The zero-order chi connectivity index (χ0) is 14.1. The zero-order valence-electron chi connectivity index (χ0n) is 10.2. The standard InChI is InChI=1S/C13H9BrClN5/c14-11-7-10(5-6-12(11)15)20-13(17-18-19-20)8-1-3-9(16)4-2-8/h1-7H,16H2. The highest BCUT2D eigenvalue weighted by Crippen LogP contribution is 2.27. The maximum absolute atomic E-state index is 5.99. The molecule has 3 rings (SSSR count). The molecule has 0 radical (unpaired) electrons. The first-order valence-electron chi connectivity index (χ1n) is 5.75. The van der Waals surface area contributed by atoms with Gasteiger partial charge in [0.25, 0.3) is 0 Å². The van der Waals surface area contributed by atoms with Crippen LogP contribution in [0, 0.1) is 0 Å². The van der Waals surface area contributed by atoms with Crippen molar-refractivity contribution in [2.24, 2.45) is 0 Å². The number of tetrazole rings is 1. The minimum absolute atomic E-state index is 0.635. The number of aromatic nitrogens is 4. The lowest BCUT2D eigenvalue weighted by atomic mass is 10.2. The van der Waals surface area contributed by atoms with Gasteiger partial charge in [0.1, 0.15) is 0 Å². The molecule has 0 spiro atoms. The molecule has 0 bridgehead atoms. The van der Waals surface area contributed by atoms with Crippen LogP contribution in [0.15, 0.2) is 46.9 Å². The summed E-state index contributed by atoms with van der Waals surface area (Å²) >= 11 is 9.39. The Morgan fingerprint density at radius 3 is 2.55 bits per heavy atom. The van der Waals surface area contributed by atoms with Gasteiger partial charge in [0, 0.05) is 15.7 Å². The van der Waals surface area contributed by atoms with Gasteiger partial charge in [-0.2, -0.15) is 4.68 Å². The molecule has 2 aromatic carbocycles. The molecule has 0 fully saturated rings. The van der Waals surface area contributed by atoms with E-state index in [-0.39, 0.29) is 0 Å². The van der Waals surface area contributed by atoms with Gasteiger partial charge in [0.05, 0.1) is 10.7 Å². The second-order valence-electron chi connectivity index (χ2n) is 4.13. The summed E-state index contributed by atoms with van der Waals surface area (Å²) in [6.07, 6.45) is 0. The zero-order valence-corrected chi connectivity index (χ0v) is 12.5. The molecule has 2 N–H and O–H groups in total. The molecule has 0 saturated heterocycles. The molecule has 0 aliphatic rings. The number of hydrogen-bond acceptors (Lipinski definition) is 4. The minimum atomic E-state index is 0.635. The van der Waals surface area contributed by atoms with Crippen molar-refractivity contribution in [1.29, 1.82) is 0 Å². The Hall–Kier alpha value is -1.92. The molecule has 0 atom stereocenters. The molecular formula is C13H9BrClN5. The smallest absolute Gasteiger partial charge is 0.187 e. The van der Waals surface area contributed by atoms with E-state index in [1.54, 1.807) is 10.7 Å². The maximum Gasteiger partial charge on any atom is 0.187 e. The largest absolute Gasteiger partial charge is 0.399 e. The first kappa shape index (κ1) is 13.1. The van der Waals surface area contributed by atoms with Crippen LogP contribution in [0.2, 0.25) is 5.02 Å². The van der Waals surface area contributed by atoms with E-state index < -0.39 is 0 Å². The number of nitrogens with zero attached hydrogens (tertiary/aromatic N) is 4. The summed E-state index contributed by atoms with van der Waals surface area (Å²) in [7, 11) is 0. The predicted molar refractivity (Wildman–Crippen MR) is 81.7 cm³/mol. The van der Waals surface area contributed by atoms with Gasteiger partial charge in [0.15, 0.2) is 5.82 Å². The van der Waals surface area contributed by atoms with Gasteiger partial charge in [-0.15, -0.1) is 5.10 Å². The molecule has 0 aliphatic heterocycles. The lowest BCUT2D eigenvalue weighted by Crippen LogP contribution is -2.00. The van der Waals surface area contributed by atoms with Crippen LogP contribution >= 0.6 is 27.5 Å². The summed E-state index contributed by atoms with van der Waals surface area (Å²) in [6, 6.07) is 12.9. The van der Waals surface area contributed by atoms with Crippen LogP contribution in [-0.4, -0.2) is 20.2 Å². The van der Waals surface area contributed by atoms with Crippen molar-refractivity contribution in [3.8, 4) is 17.1 Å². The van der Waals surface area contributed by atoms with E-state index in [0.29, 0.717) is 16.5 Å². The van der Waals surface area contributed by atoms with Gasteiger partial charge in [-0.25, -0.2) is 0 Å². The van der Waals surface area contributed by atoms with E-state index in [9.17, 15) is 0 Å². The fraction of sp³-hybridized carbons (Fsp3) is 0. The van der Waals surface area contributed by atoms with Crippen LogP contribution in [0.4, 0.5) is 5.69 Å². The first-order valence-corrected chi connectivity index (χ1v) is 6.92. The Balaban J connectivity index is 2.10. The molecule has 1 heterocycles. The van der Waals surface area contributed by atoms with E-state index in [4.69, 9.17) is 17.3 Å². The topological polar surface area (TPSA) is 69.6 Å². The molecule has 0 aliphatic carbocycles. The third kappa shape index (κ3) is 2.39. The fourth-order valence-corrected chi connectivity index (χ4v) is 2.27. The van der Waals surface area contributed by atoms with E-state index in [1.807, 2.05) is 36.4 Å². The molecule has 5 nitrogen and oxygen atoms in total. The summed E-state index contributed by atoms with van der Waals surface area (Å²) in [5, 5.41) is 12.4. The Morgan fingerprint density at radius 2 is 1.85 bits per heavy atom. The average molecular weight is 351 g/mol. The number of nitrogens with two attached hydrogens (primary N) is 1. The third-order valence-corrected chi connectivity index (χ3v) is 4.00. The van der Waals surface area contributed by atoms with E-state index in [2.05, 4.69) is 31.5 Å². The van der Waals surface area contributed by atoms with Crippen molar-refractivity contribution >= 4 is 33.2 Å². The summed E-state index contributed by atoms with van der Waals surface area (Å²) in [5.74, 6) is 0.638. The van der Waals surface area contributed by atoms with Crippen LogP contribution in [0.3, 0.4) is 0 Å². The monoisotopic (exact) mass is 349 g/mol. The number of benzene rings is 2. The maximum atomic E-state index is 5.99. The minimum Gasteiger partial charge on any atom is -0.399 e. The van der Waals surface area contributed by atoms with Crippen LogP contribution in [0.25, 0.3) is 17.1 Å². The van der Waals surface area contributed by atoms with E-state index >= 15 is 0 Å². The highest BCUT2D eigenvalue weighted by molar-refractivity contribution is 9.10. The molecule has 20 heavy (non-hydrogen) atoms. The van der Waals surface area contributed by atoms with Gasteiger partial charge < -0.3 is 5.73 Å². The van der Waals surface area contributed by atoms with Crippen molar-refractivity contribution < 1.29 is 0 Å². The normalized spacial score (nSPS) is 10.7. The van der Waals surface area contributed by atoms with Crippen LogP contribution in [0.5, 0.6) is 0 Å². The molecule has 7 heteroatoms. The van der Waals surface area contributed by atoms with Gasteiger partial charge in [-0.05, 0) is 68.8 Å². The molecular weight excluding hydrogens is 342 g/mol. The number of nitrogen functional groups attached to an aromatic ring is 1. The SMILES string of the molecule is Nc1ccc(-c2nnnn2-c2ccc(Cl)c(Br)c2)cc1. The summed E-state index contributed by atoms with van der Waals surface area (Å²) in [4.78, 5) is 0. The molecule has 0 amide bonds. The van der Waals surface area contributed by atoms with Crippen molar-refractivity contribution in [1.82, 2.24) is 20.2 Å². The van der Waals surface area contributed by atoms with Crippen LogP contribution in [0.1, 0.15) is 0 Å². The lowest BCUT2D eigenvalue weighted by molar-refractivity contribution is 0.791. The summed E-state index contributed by atoms with van der Waals surface area (Å²) < 4.78 is 2.43. The van der Waals surface area contributed by atoms with Gasteiger partial charge in [-0.3, -0.25) is 0 Å². The van der Waals surface area contributed by atoms with Gasteiger partial charge >= 0.3 is 0 Å². The van der Waals surface area contributed by atoms with Crippen LogP contribution < -0.4 is 5.73 Å². The summed E-state index contributed by atoms with van der Waals surface area (Å²) in [6.45, 7) is 0. The average Bonchev–Trinajstić information content (AvgIpc) is 2.92.